The summed E-state index contributed by atoms with van der Waals surface area (Å²) in [4.78, 5) is 42.1. The van der Waals surface area contributed by atoms with Crippen LogP contribution in [0.25, 0.3) is 65.7 Å². The van der Waals surface area contributed by atoms with Crippen molar-refractivity contribution in [3.8, 4) is 0 Å². The van der Waals surface area contributed by atoms with Gasteiger partial charge in [0.2, 0.25) is 0 Å². The molecule has 0 spiro atoms. The fraction of sp³-hybridized carbons (Fsp3) is 0.250. The van der Waals surface area contributed by atoms with Gasteiger partial charge >= 0.3 is 0 Å². The van der Waals surface area contributed by atoms with Crippen LogP contribution in [0.2, 0.25) is 0 Å². The van der Waals surface area contributed by atoms with Gasteiger partial charge in [0.05, 0.1) is 39.2 Å². The molecule has 12 rings (SSSR count). The molecule has 0 saturated carbocycles. The number of hydrogen-bond acceptors (Lipinski definition) is 9. The minimum absolute atomic E-state index is 0. The number of aryl methyl sites for hydroxylation is 2. The molecule has 0 bridgehead atoms. The molecular weight excluding hydrogens is 1210 g/mol. The second-order valence-electron chi connectivity index (χ2n) is 13.7. The monoisotopic (exact) mass is 1290 g/mol. The topological polar surface area (TPSA) is 147 Å². The molecule has 8 heterocycles. The van der Waals surface area contributed by atoms with E-state index < -0.39 is 0 Å². The summed E-state index contributed by atoms with van der Waals surface area (Å²) in [5.41, 5.74) is 12.8. The molecule has 11 nitrogen and oxygen atoms in total. The standard InChI is InChI=1S/C12H10N3.2C11H9N3.C11H10N2S.4C2H6.3CH3.4Y/c1-13-10-3-5-15-12-7-11-8(2-4-14-11)6-9(10)12;1-7-10-11(13-6-12-7)8-4-2-3-5-9(8)14-10;1-7-10-8-4-2-3-5-9(8)14-11(10)13-6-12-7;1-7-11-10(13-6-12-7)8-4-2-3-5-9(8)14-11;4*1-2;;;;;;;/h2-7H,1H3,(H,13,15);2-6,14H,1H3;2-6H,1H3,(H,12,13,14);2-6,10-11H,1H3;4*1-2H3;3*1H3;;;;/q-1;;;;;;;;3*-1;;;;. The summed E-state index contributed by atoms with van der Waals surface area (Å²) < 4.78 is 0. The maximum atomic E-state index is 4.45. The van der Waals surface area contributed by atoms with Crippen molar-refractivity contribution in [1.29, 1.82) is 0 Å². The van der Waals surface area contributed by atoms with E-state index in [2.05, 4.69) is 117 Å². The zero-order valence-electron chi connectivity index (χ0n) is 45.1. The van der Waals surface area contributed by atoms with E-state index in [1.54, 1.807) is 19.0 Å². The van der Waals surface area contributed by atoms with Crippen LogP contribution in [-0.2, 0) is 131 Å². The second-order valence-corrected chi connectivity index (χ2v) is 14.9. The summed E-state index contributed by atoms with van der Waals surface area (Å²) in [5, 5.41) is 9.38. The fourth-order valence-corrected chi connectivity index (χ4v) is 8.72. The Morgan fingerprint density at radius 3 is 1.89 bits per heavy atom. The Kier molecular flexibility index (Phi) is 39.0. The molecule has 72 heavy (non-hydrogen) atoms. The maximum Gasteiger partial charge on any atom is 0.142 e. The van der Waals surface area contributed by atoms with Crippen molar-refractivity contribution < 1.29 is 131 Å². The Bertz CT molecular complexity index is 3140. The van der Waals surface area contributed by atoms with Crippen LogP contribution in [0, 0.1) is 36.1 Å². The molecule has 0 fully saturated rings. The minimum Gasteiger partial charge on any atom is -0.664 e. The third kappa shape index (κ3) is 17.5. The zero-order valence-corrected chi connectivity index (χ0v) is 57.2. The van der Waals surface area contributed by atoms with Gasteiger partial charge in [-0.2, -0.15) is 6.20 Å². The van der Waals surface area contributed by atoms with Gasteiger partial charge in [-0.3, -0.25) is 9.98 Å². The molecule has 0 aliphatic carbocycles. The average Bonchev–Trinajstić information content (AvgIpc) is 4.18. The van der Waals surface area contributed by atoms with E-state index in [1.807, 2.05) is 143 Å². The quantitative estimate of drug-likeness (QED) is 0.138. The summed E-state index contributed by atoms with van der Waals surface area (Å²) in [6.45, 7) is 22.1. The molecule has 4 aromatic carbocycles. The molecule has 6 aromatic heterocycles. The number of H-pyrrole nitrogens is 2. The van der Waals surface area contributed by atoms with E-state index >= 15 is 0 Å². The molecule has 2 atom stereocenters. The summed E-state index contributed by atoms with van der Waals surface area (Å²) >= 11 is 1.88. The number of nitrogens with zero attached hydrogens (tertiary/aromatic N) is 8. The molecule has 0 saturated heterocycles. The number of nitrogens with one attached hydrogen (secondary N) is 3. The third-order valence-electron chi connectivity index (χ3n) is 10.3. The number of anilines is 1. The van der Waals surface area contributed by atoms with Crippen LogP contribution in [0.1, 0.15) is 85.3 Å². The predicted molar refractivity (Wildman–Crippen MR) is 299 cm³/mol. The fourth-order valence-electron chi connectivity index (χ4n) is 7.39. The van der Waals surface area contributed by atoms with Crippen LogP contribution in [-0.4, -0.2) is 59.2 Å². The van der Waals surface area contributed by atoms with Crippen molar-refractivity contribution in [1.82, 2.24) is 39.9 Å². The van der Waals surface area contributed by atoms with Crippen LogP contribution >= 0.6 is 11.8 Å². The number of pyridine rings is 1. The molecular formula is C56H71N11SY4-4. The van der Waals surface area contributed by atoms with Crippen LogP contribution < -0.4 is 10.3 Å². The first kappa shape index (κ1) is 73.7. The SMILES string of the molecule is CC.CC.CC.CC.CC1=NC=NC2c3ccccc3SC12.CNc1ccnc2cc3[n-]ccc3cc12.Cc1ncnc2[nH]c3ccccc3c12.Cc1ncnc2c1[nH]c1ccccc12.[CH3-].[CH3-].[CH3-].[Y].[Y].[Y].[Y]. The van der Waals surface area contributed by atoms with Gasteiger partial charge in [0, 0.05) is 193 Å². The summed E-state index contributed by atoms with van der Waals surface area (Å²) in [7, 11) is 1.92. The number of thioether (sulfide) groups is 1. The number of fused-ring (bicyclic) bond motifs is 11. The number of aromatic amines is 2. The summed E-state index contributed by atoms with van der Waals surface area (Å²) in [6.07, 6.45) is 8.52. The van der Waals surface area contributed by atoms with Gasteiger partial charge in [0.25, 0.3) is 0 Å². The van der Waals surface area contributed by atoms with E-state index in [4.69, 9.17) is 0 Å². The first-order valence-electron chi connectivity index (χ1n) is 22.6. The van der Waals surface area contributed by atoms with E-state index in [-0.39, 0.29) is 153 Å². The second kappa shape index (κ2) is 38.1. The van der Waals surface area contributed by atoms with Crippen LogP contribution in [0.3, 0.4) is 0 Å². The van der Waals surface area contributed by atoms with Crippen molar-refractivity contribution >= 4 is 95.2 Å². The largest absolute Gasteiger partial charge is 0.664 e. The van der Waals surface area contributed by atoms with Gasteiger partial charge in [-0.25, -0.2) is 24.9 Å². The van der Waals surface area contributed by atoms with Gasteiger partial charge in [-0.1, -0.05) is 116 Å². The molecule has 372 valence electrons. The van der Waals surface area contributed by atoms with Crippen molar-refractivity contribution in [2.45, 2.75) is 92.3 Å². The Morgan fingerprint density at radius 2 is 1.21 bits per heavy atom. The molecule has 0 amide bonds. The smallest absolute Gasteiger partial charge is 0.142 e. The molecule has 2 aliphatic heterocycles. The molecule has 2 aliphatic rings. The molecule has 10 aromatic rings. The van der Waals surface area contributed by atoms with Crippen LogP contribution in [0.15, 0.2) is 137 Å². The normalized spacial score (nSPS) is 12.5. The molecule has 2 unspecified atom stereocenters. The molecule has 3 N–H and O–H groups in total. The zero-order chi connectivity index (χ0) is 46.9. The van der Waals surface area contributed by atoms with Gasteiger partial charge in [-0.15, -0.1) is 17.3 Å². The van der Waals surface area contributed by atoms with E-state index in [9.17, 15) is 0 Å². The first-order chi connectivity index (χ1) is 32.0. The predicted octanol–water partition coefficient (Wildman–Crippen LogP) is 15.4. The number of hydrogen-bond donors (Lipinski definition) is 3. The van der Waals surface area contributed by atoms with Crippen molar-refractivity contribution in [2.24, 2.45) is 9.98 Å². The third-order valence-corrected chi connectivity index (χ3v) is 11.7. The summed E-state index contributed by atoms with van der Waals surface area (Å²) in [5.74, 6) is 0. The van der Waals surface area contributed by atoms with Gasteiger partial charge in [0.1, 0.15) is 24.6 Å². The first-order valence-corrected chi connectivity index (χ1v) is 23.5. The van der Waals surface area contributed by atoms with Crippen LogP contribution in [0.4, 0.5) is 5.69 Å². The average molecular weight is 1290 g/mol. The van der Waals surface area contributed by atoms with E-state index in [1.165, 1.54) is 21.6 Å². The number of aliphatic imine (C=N–C) groups is 2. The molecule has 4 radical (unpaired) electrons. The number of rotatable bonds is 1. The maximum absolute atomic E-state index is 4.45. The summed E-state index contributed by atoms with van der Waals surface area (Å²) in [6, 6.07) is 33.3. The van der Waals surface area contributed by atoms with Gasteiger partial charge in [0.15, 0.2) is 0 Å². The number of para-hydroxylation sites is 2. The van der Waals surface area contributed by atoms with Gasteiger partial charge in [-0.05, 0) is 68.1 Å². The van der Waals surface area contributed by atoms with Crippen molar-refractivity contribution in [3.05, 3.63) is 161 Å². The number of aromatic nitrogens is 8. The van der Waals surface area contributed by atoms with Crippen molar-refractivity contribution in [3.63, 3.8) is 0 Å². The Labute approximate surface area is 534 Å². The van der Waals surface area contributed by atoms with Crippen LogP contribution in [0.5, 0.6) is 0 Å². The Balaban J connectivity index is -0.000000816. The molecule has 16 heteroatoms. The van der Waals surface area contributed by atoms with Crippen molar-refractivity contribution in [2.75, 3.05) is 12.4 Å². The van der Waals surface area contributed by atoms with E-state index in [0.717, 1.165) is 77.4 Å². The number of benzene rings is 4. The van der Waals surface area contributed by atoms with Gasteiger partial charge < -0.3 is 42.5 Å². The minimum atomic E-state index is 0. The van der Waals surface area contributed by atoms with E-state index in [0.29, 0.717) is 11.3 Å². The Morgan fingerprint density at radius 1 is 0.611 bits per heavy atom. The Hall–Kier alpha value is -2.50.